The fraction of sp³-hybridized carbons (Fsp3) is 0. The van der Waals surface area contributed by atoms with Crippen LogP contribution in [0.25, 0.3) is 6.08 Å². The molecule has 1 aromatic rings. The van der Waals surface area contributed by atoms with Gasteiger partial charge in [0.1, 0.15) is 11.6 Å². The van der Waals surface area contributed by atoms with Gasteiger partial charge >= 0.3 is 5.97 Å². The lowest BCUT2D eigenvalue weighted by Crippen LogP contribution is -1.97. The smallest absolute Gasteiger partial charge is 0.346 e. The molecule has 0 aliphatic carbocycles. The maximum Gasteiger partial charge on any atom is 0.346 e. The second-order valence-electron chi connectivity index (χ2n) is 2.41. The largest absolute Gasteiger partial charge is 0.477 e. The highest BCUT2D eigenvalue weighted by molar-refractivity contribution is 9.10. The number of hydrogen-bond donors (Lipinski definition) is 1. The van der Waals surface area contributed by atoms with Gasteiger partial charge in [-0.2, -0.15) is 5.26 Å². The number of rotatable bonds is 2. The van der Waals surface area contributed by atoms with E-state index < -0.39 is 5.97 Å². The zero-order chi connectivity index (χ0) is 10.6. The van der Waals surface area contributed by atoms with E-state index in [9.17, 15) is 4.79 Å². The van der Waals surface area contributed by atoms with Crippen LogP contribution in [0.4, 0.5) is 0 Å². The maximum absolute atomic E-state index is 10.5. The normalized spacial score (nSPS) is 10.7. The van der Waals surface area contributed by atoms with Crippen LogP contribution in [0, 0.1) is 11.3 Å². The van der Waals surface area contributed by atoms with Crippen molar-refractivity contribution in [1.82, 2.24) is 4.98 Å². The second-order valence-corrected chi connectivity index (χ2v) is 3.33. The zero-order valence-electron chi connectivity index (χ0n) is 6.94. The lowest BCUT2D eigenvalue weighted by atomic mass is 10.2. The monoisotopic (exact) mass is 252 g/mol. The summed E-state index contributed by atoms with van der Waals surface area (Å²) in [7, 11) is 0. The van der Waals surface area contributed by atoms with Crippen LogP contribution in [0.3, 0.4) is 0 Å². The molecule has 70 valence electrons. The first-order chi connectivity index (χ1) is 6.63. The van der Waals surface area contributed by atoms with Crippen molar-refractivity contribution in [1.29, 1.82) is 5.26 Å². The maximum atomic E-state index is 10.5. The Balaban J connectivity index is 3.08. The molecule has 0 spiro atoms. The Kier molecular flexibility index (Phi) is 3.37. The Morgan fingerprint density at radius 2 is 2.36 bits per heavy atom. The molecule has 0 amide bonds. The van der Waals surface area contributed by atoms with E-state index >= 15 is 0 Å². The number of carboxylic acids is 1. The van der Waals surface area contributed by atoms with Crippen LogP contribution in [-0.2, 0) is 4.79 Å². The summed E-state index contributed by atoms with van der Waals surface area (Å²) >= 11 is 3.19. The standard InChI is InChI=1S/C9H5BrN2O2/c10-8-2-6(4-12-5-8)1-7(3-11)9(13)14/h1-2,4-5H,(H,13,14)/b7-1+. The molecule has 0 saturated heterocycles. The Morgan fingerprint density at radius 3 is 2.86 bits per heavy atom. The van der Waals surface area contributed by atoms with Crippen molar-refractivity contribution in [2.75, 3.05) is 0 Å². The molecule has 4 nitrogen and oxygen atoms in total. The number of carbonyl (C=O) groups is 1. The molecule has 0 aliphatic rings. The molecule has 0 bridgehead atoms. The van der Waals surface area contributed by atoms with E-state index in [4.69, 9.17) is 10.4 Å². The van der Waals surface area contributed by atoms with Gasteiger partial charge in [0, 0.05) is 16.9 Å². The Morgan fingerprint density at radius 1 is 1.64 bits per heavy atom. The summed E-state index contributed by atoms with van der Waals surface area (Å²) in [5.74, 6) is -1.24. The van der Waals surface area contributed by atoms with Gasteiger partial charge in [0.25, 0.3) is 0 Å². The van der Waals surface area contributed by atoms with Crippen molar-refractivity contribution in [3.8, 4) is 6.07 Å². The number of carboxylic acid groups (broad SMARTS) is 1. The minimum atomic E-state index is -1.24. The van der Waals surface area contributed by atoms with Gasteiger partial charge in [-0.15, -0.1) is 0 Å². The van der Waals surface area contributed by atoms with Crippen molar-refractivity contribution < 1.29 is 9.90 Å². The number of halogens is 1. The third kappa shape index (κ3) is 2.68. The van der Waals surface area contributed by atoms with Crippen LogP contribution in [0.1, 0.15) is 5.56 Å². The molecule has 0 fully saturated rings. The van der Waals surface area contributed by atoms with E-state index in [0.29, 0.717) is 5.56 Å². The van der Waals surface area contributed by atoms with Gasteiger partial charge in [0.05, 0.1) is 0 Å². The number of hydrogen-bond acceptors (Lipinski definition) is 3. The van der Waals surface area contributed by atoms with Gasteiger partial charge in [-0.3, -0.25) is 4.98 Å². The predicted octanol–water partition coefficient (Wildman–Crippen LogP) is 1.84. The van der Waals surface area contributed by atoms with Gasteiger partial charge in [-0.05, 0) is 33.6 Å². The molecule has 0 unspecified atom stereocenters. The topological polar surface area (TPSA) is 74.0 Å². The van der Waals surface area contributed by atoms with Crippen molar-refractivity contribution >= 4 is 28.0 Å². The van der Waals surface area contributed by atoms with E-state index in [0.717, 1.165) is 4.47 Å². The number of nitriles is 1. The summed E-state index contributed by atoms with van der Waals surface area (Å²) in [5.41, 5.74) is 0.253. The molecule has 0 aromatic carbocycles. The average molecular weight is 253 g/mol. The second kappa shape index (κ2) is 4.53. The average Bonchev–Trinajstić information content (AvgIpc) is 2.14. The first-order valence-electron chi connectivity index (χ1n) is 3.59. The van der Waals surface area contributed by atoms with E-state index in [2.05, 4.69) is 20.9 Å². The molecule has 0 atom stereocenters. The molecule has 5 heteroatoms. The first kappa shape index (κ1) is 10.4. The molecular formula is C9H5BrN2O2. The van der Waals surface area contributed by atoms with Gasteiger partial charge in [0.2, 0.25) is 0 Å². The Labute approximate surface area is 88.6 Å². The summed E-state index contributed by atoms with van der Waals surface area (Å²) in [5, 5.41) is 17.1. The SMILES string of the molecule is N#C/C(=C\c1cncc(Br)c1)C(=O)O. The fourth-order valence-corrected chi connectivity index (χ4v) is 1.20. The number of nitrogens with zero attached hydrogens (tertiary/aromatic N) is 2. The molecule has 1 aromatic heterocycles. The van der Waals surface area contributed by atoms with Crippen molar-refractivity contribution in [3.05, 3.63) is 34.1 Å². The molecule has 1 heterocycles. The Hall–Kier alpha value is -1.67. The lowest BCUT2D eigenvalue weighted by Gasteiger charge is -1.94. The van der Waals surface area contributed by atoms with Crippen molar-refractivity contribution in [3.63, 3.8) is 0 Å². The van der Waals surface area contributed by atoms with Crippen LogP contribution >= 0.6 is 15.9 Å². The molecular weight excluding hydrogens is 248 g/mol. The molecule has 14 heavy (non-hydrogen) atoms. The molecule has 0 radical (unpaired) electrons. The highest BCUT2D eigenvalue weighted by Crippen LogP contribution is 2.12. The fourth-order valence-electron chi connectivity index (χ4n) is 0.816. The number of pyridine rings is 1. The van der Waals surface area contributed by atoms with Crippen LogP contribution < -0.4 is 0 Å². The minimum Gasteiger partial charge on any atom is -0.477 e. The highest BCUT2D eigenvalue weighted by Gasteiger charge is 2.05. The first-order valence-corrected chi connectivity index (χ1v) is 4.38. The van der Waals surface area contributed by atoms with Gasteiger partial charge in [0.15, 0.2) is 0 Å². The third-order valence-corrected chi connectivity index (χ3v) is 1.82. The van der Waals surface area contributed by atoms with Gasteiger partial charge in [-0.1, -0.05) is 0 Å². The summed E-state index contributed by atoms with van der Waals surface area (Å²) in [6.07, 6.45) is 4.31. The van der Waals surface area contributed by atoms with Gasteiger partial charge in [-0.25, -0.2) is 4.79 Å². The molecule has 0 saturated carbocycles. The van der Waals surface area contributed by atoms with Crippen LogP contribution in [-0.4, -0.2) is 16.1 Å². The zero-order valence-corrected chi connectivity index (χ0v) is 8.52. The number of aromatic nitrogens is 1. The minimum absolute atomic E-state index is 0.315. The van der Waals surface area contributed by atoms with E-state index in [1.807, 2.05) is 0 Å². The van der Waals surface area contributed by atoms with E-state index in [1.165, 1.54) is 12.3 Å². The lowest BCUT2D eigenvalue weighted by molar-refractivity contribution is -0.132. The van der Waals surface area contributed by atoms with Gasteiger partial charge < -0.3 is 5.11 Å². The van der Waals surface area contributed by atoms with Crippen molar-refractivity contribution in [2.45, 2.75) is 0 Å². The quantitative estimate of drug-likeness (QED) is 0.644. The highest BCUT2D eigenvalue weighted by atomic mass is 79.9. The van der Waals surface area contributed by atoms with Crippen LogP contribution in [0.15, 0.2) is 28.5 Å². The summed E-state index contributed by atoms with van der Waals surface area (Å²) in [4.78, 5) is 14.3. The van der Waals surface area contributed by atoms with E-state index in [1.54, 1.807) is 18.3 Å². The summed E-state index contributed by atoms with van der Waals surface area (Å²) in [6.45, 7) is 0. The summed E-state index contributed by atoms with van der Waals surface area (Å²) < 4.78 is 0.730. The molecule has 0 aliphatic heterocycles. The number of aliphatic carboxylic acids is 1. The Bertz CT molecular complexity index is 435. The third-order valence-electron chi connectivity index (χ3n) is 1.39. The van der Waals surface area contributed by atoms with Crippen LogP contribution in [0.2, 0.25) is 0 Å². The van der Waals surface area contributed by atoms with Crippen LogP contribution in [0.5, 0.6) is 0 Å². The predicted molar refractivity (Wildman–Crippen MR) is 53.2 cm³/mol. The van der Waals surface area contributed by atoms with Crippen molar-refractivity contribution in [2.24, 2.45) is 0 Å². The summed E-state index contributed by atoms with van der Waals surface area (Å²) in [6, 6.07) is 3.26. The van der Waals surface area contributed by atoms with E-state index in [-0.39, 0.29) is 5.57 Å². The molecule has 1 rings (SSSR count). The molecule has 1 N–H and O–H groups in total.